The highest BCUT2D eigenvalue weighted by atomic mass is 127. The first-order valence-electron chi connectivity index (χ1n) is 5.35. The third-order valence-electron chi connectivity index (χ3n) is 2.60. The average Bonchev–Trinajstić information content (AvgIpc) is 2.29. The molecule has 0 aliphatic rings. The molecule has 21 heavy (non-hydrogen) atoms. The third-order valence-corrected chi connectivity index (χ3v) is 3.32. The van der Waals surface area contributed by atoms with E-state index in [1.54, 1.807) is 0 Å². The highest BCUT2D eigenvalue weighted by Crippen LogP contribution is 2.42. The maximum absolute atomic E-state index is 12.6. The minimum atomic E-state index is -5.69. The van der Waals surface area contributed by atoms with Gasteiger partial charge >= 0.3 is 18.4 Å². The molecule has 2 amide bonds. The molecule has 0 fully saturated rings. The smallest absolute Gasteiger partial charge is 0.316 e. The van der Waals surface area contributed by atoms with Gasteiger partial charge in [0.05, 0.1) is 0 Å². The Morgan fingerprint density at radius 3 is 1.81 bits per heavy atom. The van der Waals surface area contributed by atoms with E-state index in [0.717, 1.165) is 8.89 Å². The molecular weight excluding hydrogens is 417 g/mol. The van der Waals surface area contributed by atoms with Crippen LogP contribution in [-0.4, -0.2) is 23.9 Å². The third kappa shape index (κ3) is 4.14. The van der Waals surface area contributed by atoms with Crippen molar-refractivity contribution in [1.82, 2.24) is 5.32 Å². The summed E-state index contributed by atoms with van der Waals surface area (Å²) in [4.78, 5) is 11.4. The van der Waals surface area contributed by atoms with Crippen LogP contribution in [0.3, 0.4) is 0 Å². The summed E-state index contributed by atoms with van der Waals surface area (Å²) >= 11 is 1.95. The van der Waals surface area contributed by atoms with E-state index in [4.69, 9.17) is 0 Å². The predicted molar refractivity (Wildman–Crippen MR) is 71.8 cm³/mol. The molecule has 1 aromatic carbocycles. The number of urea groups is 1. The molecule has 0 aliphatic carbocycles. The van der Waals surface area contributed by atoms with Crippen LogP contribution < -0.4 is 10.6 Å². The largest absolute Gasteiger partial charge is 0.420 e. The van der Waals surface area contributed by atoms with Crippen LogP contribution >= 0.6 is 22.6 Å². The molecule has 0 heterocycles. The normalized spacial score (nSPS) is 13.0. The second-order valence-corrected chi connectivity index (χ2v) is 5.45. The first kappa shape index (κ1) is 17.9. The summed E-state index contributed by atoms with van der Waals surface area (Å²) in [6.45, 7) is -0.138. The van der Waals surface area contributed by atoms with Crippen LogP contribution in [0.4, 0.5) is 36.8 Å². The molecule has 0 saturated heterocycles. The second kappa shape index (κ2) is 5.89. The van der Waals surface area contributed by atoms with Crippen molar-refractivity contribution in [3.8, 4) is 0 Å². The van der Waals surface area contributed by atoms with Gasteiger partial charge in [0.25, 0.3) is 0 Å². The van der Waals surface area contributed by atoms with Crippen molar-refractivity contribution >= 4 is 34.3 Å². The molecule has 0 atom stereocenters. The van der Waals surface area contributed by atoms with Crippen molar-refractivity contribution < 1.29 is 31.1 Å². The van der Waals surface area contributed by atoms with Crippen molar-refractivity contribution in [2.45, 2.75) is 24.8 Å². The fourth-order valence-electron chi connectivity index (χ4n) is 1.23. The van der Waals surface area contributed by atoms with Gasteiger partial charge in [0.15, 0.2) is 0 Å². The van der Waals surface area contributed by atoms with Crippen LogP contribution in [0.25, 0.3) is 0 Å². The Bertz CT molecular complexity index is 497. The number of halogens is 7. The van der Waals surface area contributed by atoms with Crippen LogP contribution in [-0.2, 0) is 0 Å². The lowest BCUT2D eigenvalue weighted by Crippen LogP contribution is -2.66. The SMILES string of the molecule is CC(NC(=O)Nc1ccc(I)cc1)(C(F)(F)F)C(F)(F)F. The zero-order chi connectivity index (χ0) is 16.5. The summed E-state index contributed by atoms with van der Waals surface area (Å²) < 4.78 is 76.3. The molecule has 1 rings (SSSR count). The molecule has 0 spiro atoms. The molecule has 3 nitrogen and oxygen atoms in total. The Hall–Kier alpha value is -1.20. The number of anilines is 1. The highest BCUT2D eigenvalue weighted by Gasteiger charge is 2.68. The zero-order valence-corrected chi connectivity index (χ0v) is 12.5. The fourth-order valence-corrected chi connectivity index (χ4v) is 1.58. The Kier molecular flexibility index (Phi) is 5.01. The summed E-state index contributed by atoms with van der Waals surface area (Å²) in [6, 6.07) is 4.15. The van der Waals surface area contributed by atoms with Gasteiger partial charge in [0.2, 0.25) is 5.54 Å². The number of hydrogen-bond donors (Lipinski definition) is 2. The lowest BCUT2D eigenvalue weighted by molar-refractivity contribution is -0.297. The number of rotatable bonds is 2. The van der Waals surface area contributed by atoms with E-state index in [1.165, 1.54) is 24.3 Å². The standard InChI is InChI=1S/C11H9F6IN2O/c1-9(10(12,13)14,11(15,16)17)20-8(21)19-7-4-2-6(18)3-5-7/h2-5H,1H3,(H2,19,20,21). The van der Waals surface area contributed by atoms with Gasteiger partial charge in [-0.2, -0.15) is 26.3 Å². The van der Waals surface area contributed by atoms with E-state index in [0.29, 0.717) is 0 Å². The first-order chi connectivity index (χ1) is 9.37. The number of nitrogens with one attached hydrogen (secondary N) is 2. The second-order valence-electron chi connectivity index (χ2n) is 4.21. The van der Waals surface area contributed by atoms with Gasteiger partial charge in [-0.05, 0) is 53.8 Å². The number of amides is 2. The lowest BCUT2D eigenvalue weighted by Gasteiger charge is -2.34. The highest BCUT2D eigenvalue weighted by molar-refractivity contribution is 14.1. The molecule has 0 unspecified atom stereocenters. The molecule has 0 bridgehead atoms. The summed E-state index contributed by atoms with van der Waals surface area (Å²) in [7, 11) is 0. The van der Waals surface area contributed by atoms with Crippen LogP contribution in [0, 0.1) is 3.57 Å². The van der Waals surface area contributed by atoms with Crippen LogP contribution in [0.5, 0.6) is 0 Å². The van der Waals surface area contributed by atoms with E-state index < -0.39 is 23.9 Å². The minimum Gasteiger partial charge on any atom is -0.316 e. The number of alkyl halides is 6. The Morgan fingerprint density at radius 1 is 1.00 bits per heavy atom. The molecule has 0 aromatic heterocycles. The van der Waals surface area contributed by atoms with Crippen molar-refractivity contribution in [2.75, 3.05) is 5.32 Å². The lowest BCUT2D eigenvalue weighted by atomic mass is 10.0. The Labute approximate surface area is 129 Å². The van der Waals surface area contributed by atoms with Gasteiger partial charge < -0.3 is 10.6 Å². The molecular formula is C11H9F6IN2O. The van der Waals surface area contributed by atoms with E-state index in [9.17, 15) is 31.1 Å². The molecule has 0 radical (unpaired) electrons. The topological polar surface area (TPSA) is 41.1 Å². The van der Waals surface area contributed by atoms with Gasteiger partial charge in [-0.1, -0.05) is 0 Å². The first-order valence-corrected chi connectivity index (χ1v) is 6.43. The maximum Gasteiger partial charge on any atom is 0.420 e. The quantitative estimate of drug-likeness (QED) is 0.538. The fraction of sp³-hybridized carbons (Fsp3) is 0.364. The number of carbonyl (C=O) groups is 1. The summed E-state index contributed by atoms with van der Waals surface area (Å²) in [6.07, 6.45) is -11.4. The monoisotopic (exact) mass is 426 g/mol. The Balaban J connectivity index is 2.90. The maximum atomic E-state index is 12.6. The molecule has 0 saturated carbocycles. The molecule has 2 N–H and O–H groups in total. The van der Waals surface area contributed by atoms with E-state index in [-0.39, 0.29) is 12.6 Å². The molecule has 118 valence electrons. The van der Waals surface area contributed by atoms with E-state index in [1.807, 2.05) is 27.9 Å². The molecule has 0 aliphatic heterocycles. The Morgan fingerprint density at radius 2 is 1.43 bits per heavy atom. The minimum absolute atomic E-state index is 0.0691. The van der Waals surface area contributed by atoms with Gasteiger partial charge in [0.1, 0.15) is 0 Å². The van der Waals surface area contributed by atoms with Crippen molar-refractivity contribution in [1.29, 1.82) is 0 Å². The average molecular weight is 426 g/mol. The summed E-state index contributed by atoms with van der Waals surface area (Å²) in [5.41, 5.74) is -4.27. The van der Waals surface area contributed by atoms with Gasteiger partial charge in [-0.25, -0.2) is 4.79 Å². The molecule has 10 heteroatoms. The van der Waals surface area contributed by atoms with Gasteiger partial charge in [-0.15, -0.1) is 0 Å². The van der Waals surface area contributed by atoms with Crippen LogP contribution in [0.2, 0.25) is 0 Å². The van der Waals surface area contributed by atoms with Crippen molar-refractivity contribution in [3.05, 3.63) is 27.8 Å². The summed E-state index contributed by atoms with van der Waals surface area (Å²) in [5, 5.41) is 2.85. The predicted octanol–water partition coefficient (Wildman–Crippen LogP) is 4.30. The van der Waals surface area contributed by atoms with Crippen molar-refractivity contribution in [2.24, 2.45) is 0 Å². The number of carbonyl (C=O) groups excluding carboxylic acids is 1. The number of benzene rings is 1. The molecule has 1 aromatic rings. The van der Waals surface area contributed by atoms with Crippen LogP contribution in [0.15, 0.2) is 24.3 Å². The van der Waals surface area contributed by atoms with Crippen molar-refractivity contribution in [3.63, 3.8) is 0 Å². The van der Waals surface area contributed by atoms with Gasteiger partial charge in [-0.3, -0.25) is 0 Å². The van der Waals surface area contributed by atoms with E-state index in [2.05, 4.69) is 0 Å². The van der Waals surface area contributed by atoms with Gasteiger partial charge in [0, 0.05) is 9.26 Å². The number of hydrogen-bond acceptors (Lipinski definition) is 1. The summed E-state index contributed by atoms with van der Waals surface area (Å²) in [5.74, 6) is 0. The van der Waals surface area contributed by atoms with E-state index >= 15 is 0 Å². The zero-order valence-electron chi connectivity index (χ0n) is 10.4. The van der Waals surface area contributed by atoms with Crippen LogP contribution in [0.1, 0.15) is 6.92 Å².